The molecule has 0 saturated carbocycles. The molecular formula is C17H20N4O5. The topological polar surface area (TPSA) is 103 Å². The standard InChI is InChI=1S/C17H20N4O5/c1-2-19-12-5-3-4-6-13(12)20(17(19)25)9-7-15(23)26-11-14(22)21-10-8-18-16(21)24/h3-6H,2,7-11H2,1H3,(H,18,24). The Kier molecular flexibility index (Phi) is 5.06. The minimum Gasteiger partial charge on any atom is -0.455 e. The van der Waals surface area contributed by atoms with E-state index in [1.165, 1.54) is 4.57 Å². The number of amides is 3. The molecule has 138 valence electrons. The molecule has 26 heavy (non-hydrogen) atoms. The predicted molar refractivity (Wildman–Crippen MR) is 92.6 cm³/mol. The number of imidazole rings is 1. The Morgan fingerprint density at radius 3 is 2.46 bits per heavy atom. The van der Waals surface area contributed by atoms with Crippen molar-refractivity contribution in [2.75, 3.05) is 19.7 Å². The van der Waals surface area contributed by atoms with E-state index in [1.54, 1.807) is 4.57 Å². The number of urea groups is 1. The fraction of sp³-hybridized carbons (Fsp3) is 0.412. The Labute approximate surface area is 149 Å². The number of hydrogen-bond donors (Lipinski definition) is 1. The molecule has 1 fully saturated rings. The van der Waals surface area contributed by atoms with Gasteiger partial charge in [-0.25, -0.2) is 9.59 Å². The lowest BCUT2D eigenvalue weighted by atomic mass is 10.3. The number of nitrogens with zero attached hydrogens (tertiary/aromatic N) is 3. The third-order valence-corrected chi connectivity index (χ3v) is 4.30. The van der Waals surface area contributed by atoms with Crippen LogP contribution in [0.1, 0.15) is 13.3 Å². The number of ether oxygens (including phenoxy) is 1. The SMILES string of the molecule is CCn1c(=O)n(CCC(=O)OCC(=O)N2CCNC2=O)c2ccccc21. The van der Waals surface area contributed by atoms with Crippen LogP contribution in [0.2, 0.25) is 0 Å². The third kappa shape index (κ3) is 3.32. The first-order valence-corrected chi connectivity index (χ1v) is 8.44. The maximum absolute atomic E-state index is 12.5. The number of rotatable bonds is 6. The van der Waals surface area contributed by atoms with Crippen molar-refractivity contribution in [2.45, 2.75) is 26.4 Å². The maximum Gasteiger partial charge on any atom is 0.329 e. The van der Waals surface area contributed by atoms with E-state index in [2.05, 4.69) is 5.32 Å². The number of aryl methyl sites for hydroxylation is 2. The summed E-state index contributed by atoms with van der Waals surface area (Å²) in [4.78, 5) is 48.6. The van der Waals surface area contributed by atoms with E-state index in [9.17, 15) is 19.2 Å². The molecule has 0 bridgehead atoms. The van der Waals surface area contributed by atoms with Gasteiger partial charge in [0.25, 0.3) is 5.91 Å². The smallest absolute Gasteiger partial charge is 0.329 e. The average Bonchev–Trinajstić information content (AvgIpc) is 3.18. The second kappa shape index (κ2) is 7.42. The third-order valence-electron chi connectivity index (χ3n) is 4.30. The van der Waals surface area contributed by atoms with Gasteiger partial charge in [-0.15, -0.1) is 0 Å². The molecule has 1 aromatic heterocycles. The highest BCUT2D eigenvalue weighted by Gasteiger charge is 2.26. The van der Waals surface area contributed by atoms with Gasteiger partial charge >= 0.3 is 17.7 Å². The van der Waals surface area contributed by atoms with Crippen molar-refractivity contribution in [1.82, 2.24) is 19.4 Å². The minimum atomic E-state index is -0.599. The van der Waals surface area contributed by atoms with Crippen LogP contribution in [0.15, 0.2) is 29.1 Å². The molecule has 0 aliphatic carbocycles. The molecule has 2 aromatic rings. The van der Waals surface area contributed by atoms with Gasteiger partial charge in [0.15, 0.2) is 6.61 Å². The molecule has 9 nitrogen and oxygen atoms in total. The van der Waals surface area contributed by atoms with Crippen LogP contribution in [0.4, 0.5) is 4.79 Å². The Bertz CT molecular complexity index is 914. The molecule has 1 saturated heterocycles. The highest BCUT2D eigenvalue weighted by Crippen LogP contribution is 2.13. The summed E-state index contributed by atoms with van der Waals surface area (Å²) in [5.74, 6) is -1.16. The lowest BCUT2D eigenvalue weighted by molar-refractivity contribution is -0.150. The van der Waals surface area contributed by atoms with Crippen LogP contribution < -0.4 is 11.0 Å². The molecule has 3 rings (SSSR count). The second-order valence-electron chi connectivity index (χ2n) is 5.86. The fourth-order valence-corrected chi connectivity index (χ4v) is 3.00. The highest BCUT2D eigenvalue weighted by atomic mass is 16.5. The zero-order valence-electron chi connectivity index (χ0n) is 14.4. The highest BCUT2D eigenvalue weighted by molar-refractivity contribution is 5.96. The van der Waals surface area contributed by atoms with Gasteiger partial charge in [0, 0.05) is 26.2 Å². The van der Waals surface area contributed by atoms with Gasteiger partial charge in [-0.05, 0) is 19.1 Å². The van der Waals surface area contributed by atoms with Gasteiger partial charge in [0.1, 0.15) is 0 Å². The number of para-hydroxylation sites is 2. The van der Waals surface area contributed by atoms with Crippen molar-refractivity contribution in [2.24, 2.45) is 0 Å². The first-order valence-electron chi connectivity index (χ1n) is 8.44. The molecule has 1 aliphatic heterocycles. The largest absolute Gasteiger partial charge is 0.455 e. The summed E-state index contributed by atoms with van der Waals surface area (Å²) in [5.41, 5.74) is 1.37. The van der Waals surface area contributed by atoms with Gasteiger partial charge in [-0.1, -0.05) is 12.1 Å². The van der Waals surface area contributed by atoms with Crippen molar-refractivity contribution in [1.29, 1.82) is 0 Å². The first-order chi connectivity index (χ1) is 12.5. The van der Waals surface area contributed by atoms with Gasteiger partial charge < -0.3 is 10.1 Å². The summed E-state index contributed by atoms with van der Waals surface area (Å²) in [6.07, 6.45) is -0.0445. The number of esters is 1. The molecule has 1 N–H and O–H groups in total. The molecule has 0 unspecified atom stereocenters. The van der Waals surface area contributed by atoms with E-state index in [1.807, 2.05) is 31.2 Å². The Balaban J connectivity index is 1.61. The van der Waals surface area contributed by atoms with Crippen LogP contribution in [-0.2, 0) is 27.4 Å². The monoisotopic (exact) mass is 360 g/mol. The molecule has 9 heteroatoms. The average molecular weight is 360 g/mol. The summed E-state index contributed by atoms with van der Waals surface area (Å²) >= 11 is 0. The maximum atomic E-state index is 12.5. The Morgan fingerprint density at radius 1 is 1.15 bits per heavy atom. The van der Waals surface area contributed by atoms with Crippen LogP contribution in [0, 0.1) is 0 Å². The predicted octanol–water partition coefficient (Wildman–Crippen LogP) is 0.308. The van der Waals surface area contributed by atoms with Crippen molar-refractivity contribution >= 4 is 28.9 Å². The van der Waals surface area contributed by atoms with Gasteiger partial charge in [0.2, 0.25) is 0 Å². The molecule has 0 radical (unpaired) electrons. The summed E-state index contributed by atoms with van der Waals surface area (Å²) < 4.78 is 8.10. The number of carbonyl (C=O) groups is 3. The zero-order valence-corrected chi connectivity index (χ0v) is 14.4. The van der Waals surface area contributed by atoms with Crippen LogP contribution >= 0.6 is 0 Å². The number of carbonyl (C=O) groups excluding carboxylic acids is 3. The summed E-state index contributed by atoms with van der Waals surface area (Å²) in [5, 5.41) is 2.50. The number of benzene rings is 1. The van der Waals surface area contributed by atoms with Gasteiger partial charge in [-0.3, -0.25) is 23.6 Å². The fourth-order valence-electron chi connectivity index (χ4n) is 3.00. The molecule has 0 atom stereocenters. The number of aromatic nitrogens is 2. The van der Waals surface area contributed by atoms with Gasteiger partial charge in [0.05, 0.1) is 17.5 Å². The molecule has 2 heterocycles. The van der Waals surface area contributed by atoms with E-state index in [-0.39, 0.29) is 25.2 Å². The summed E-state index contributed by atoms with van der Waals surface area (Å²) in [6, 6.07) is 6.88. The van der Waals surface area contributed by atoms with E-state index < -0.39 is 24.5 Å². The van der Waals surface area contributed by atoms with Gasteiger partial charge in [-0.2, -0.15) is 0 Å². The summed E-state index contributed by atoms with van der Waals surface area (Å²) in [7, 11) is 0. The number of nitrogens with one attached hydrogen (secondary N) is 1. The number of hydrogen-bond acceptors (Lipinski definition) is 5. The number of fused-ring (bicyclic) bond motifs is 1. The lowest BCUT2D eigenvalue weighted by Crippen LogP contribution is -2.37. The van der Waals surface area contributed by atoms with Crippen molar-refractivity contribution in [3.63, 3.8) is 0 Å². The van der Waals surface area contributed by atoms with Crippen LogP contribution in [0.5, 0.6) is 0 Å². The van der Waals surface area contributed by atoms with E-state index in [4.69, 9.17) is 4.74 Å². The molecule has 1 aliphatic rings. The normalized spacial score (nSPS) is 13.9. The second-order valence-corrected chi connectivity index (χ2v) is 5.86. The van der Waals surface area contributed by atoms with Crippen molar-refractivity contribution < 1.29 is 19.1 Å². The van der Waals surface area contributed by atoms with Crippen LogP contribution in [-0.4, -0.2) is 51.6 Å². The molecule has 1 aromatic carbocycles. The van der Waals surface area contributed by atoms with Crippen LogP contribution in [0.3, 0.4) is 0 Å². The van der Waals surface area contributed by atoms with E-state index in [0.717, 1.165) is 15.9 Å². The van der Waals surface area contributed by atoms with E-state index in [0.29, 0.717) is 13.1 Å². The van der Waals surface area contributed by atoms with Crippen molar-refractivity contribution in [3.05, 3.63) is 34.7 Å². The Hall–Kier alpha value is -3.10. The Morgan fingerprint density at radius 2 is 1.85 bits per heavy atom. The minimum absolute atomic E-state index is 0.0445. The van der Waals surface area contributed by atoms with Crippen LogP contribution in [0.25, 0.3) is 11.0 Å². The molecular weight excluding hydrogens is 340 g/mol. The number of imide groups is 1. The molecule has 3 amide bonds. The quantitative estimate of drug-likeness (QED) is 0.747. The molecule has 0 spiro atoms. The lowest BCUT2D eigenvalue weighted by Gasteiger charge is -2.12. The van der Waals surface area contributed by atoms with E-state index >= 15 is 0 Å². The van der Waals surface area contributed by atoms with Crippen molar-refractivity contribution in [3.8, 4) is 0 Å². The zero-order chi connectivity index (χ0) is 18.7. The first kappa shape index (κ1) is 17.7. The summed E-state index contributed by atoms with van der Waals surface area (Å²) in [6.45, 7) is 2.74.